The number of hydrogen-bond acceptors (Lipinski definition) is 3. The summed E-state index contributed by atoms with van der Waals surface area (Å²) in [5.41, 5.74) is 0.603. The molecule has 19 heavy (non-hydrogen) atoms. The summed E-state index contributed by atoms with van der Waals surface area (Å²) in [4.78, 5) is 4.00. The average molecular weight is 264 g/mol. The molecule has 0 aliphatic rings. The number of ether oxygens (including phenoxy) is 1. The SMILES string of the molecule is CNC(c1cncc(OC)c1)c1c(F)cccc1F. The maximum Gasteiger partial charge on any atom is 0.137 e. The molecule has 1 aromatic carbocycles. The molecule has 2 aromatic rings. The van der Waals surface area contributed by atoms with Gasteiger partial charge in [-0.25, -0.2) is 8.78 Å². The molecule has 1 N–H and O–H groups in total. The minimum absolute atomic E-state index is 0.0277. The van der Waals surface area contributed by atoms with E-state index in [2.05, 4.69) is 10.3 Å². The molecule has 2 rings (SSSR count). The quantitative estimate of drug-likeness (QED) is 0.922. The molecule has 100 valence electrons. The van der Waals surface area contributed by atoms with E-state index in [9.17, 15) is 8.78 Å². The molecule has 3 nitrogen and oxygen atoms in total. The van der Waals surface area contributed by atoms with Crippen molar-refractivity contribution in [2.24, 2.45) is 0 Å². The molecule has 1 heterocycles. The highest BCUT2D eigenvalue weighted by atomic mass is 19.1. The number of nitrogens with one attached hydrogen (secondary N) is 1. The van der Waals surface area contributed by atoms with Gasteiger partial charge in [-0.2, -0.15) is 0 Å². The van der Waals surface area contributed by atoms with Gasteiger partial charge in [0, 0.05) is 11.8 Å². The van der Waals surface area contributed by atoms with Gasteiger partial charge in [0.15, 0.2) is 0 Å². The second-order valence-corrected chi connectivity index (χ2v) is 4.02. The van der Waals surface area contributed by atoms with Crippen LogP contribution < -0.4 is 10.1 Å². The average Bonchev–Trinajstić information content (AvgIpc) is 2.43. The van der Waals surface area contributed by atoms with E-state index in [1.165, 1.54) is 31.5 Å². The van der Waals surface area contributed by atoms with Crippen LogP contribution in [0.15, 0.2) is 36.7 Å². The van der Waals surface area contributed by atoms with E-state index in [4.69, 9.17) is 4.74 Å². The van der Waals surface area contributed by atoms with Crippen molar-refractivity contribution in [3.63, 3.8) is 0 Å². The van der Waals surface area contributed by atoms with Crippen LogP contribution in [0.2, 0.25) is 0 Å². The lowest BCUT2D eigenvalue weighted by Crippen LogP contribution is -2.20. The fourth-order valence-corrected chi connectivity index (χ4v) is 1.97. The highest BCUT2D eigenvalue weighted by molar-refractivity contribution is 5.35. The third-order valence-electron chi connectivity index (χ3n) is 2.88. The molecule has 1 aromatic heterocycles. The van der Waals surface area contributed by atoms with Crippen LogP contribution >= 0.6 is 0 Å². The van der Waals surface area contributed by atoms with Crippen LogP contribution in [0.5, 0.6) is 5.75 Å². The van der Waals surface area contributed by atoms with Crippen LogP contribution in [0.3, 0.4) is 0 Å². The van der Waals surface area contributed by atoms with E-state index < -0.39 is 17.7 Å². The molecule has 0 saturated carbocycles. The van der Waals surface area contributed by atoms with Gasteiger partial charge < -0.3 is 10.1 Å². The molecule has 1 atom stereocenters. The molecule has 0 saturated heterocycles. The Hall–Kier alpha value is -2.01. The fraction of sp³-hybridized carbons (Fsp3) is 0.214. The molecular weight excluding hydrogens is 250 g/mol. The Kier molecular flexibility index (Phi) is 4.06. The Morgan fingerprint density at radius 2 is 1.89 bits per heavy atom. The lowest BCUT2D eigenvalue weighted by atomic mass is 9.99. The van der Waals surface area contributed by atoms with E-state index in [-0.39, 0.29) is 5.56 Å². The third kappa shape index (κ3) is 2.71. The van der Waals surface area contributed by atoms with Crippen LogP contribution in [0.4, 0.5) is 8.78 Å². The Morgan fingerprint density at radius 1 is 1.21 bits per heavy atom. The lowest BCUT2D eigenvalue weighted by molar-refractivity contribution is 0.411. The molecule has 0 bridgehead atoms. The summed E-state index contributed by atoms with van der Waals surface area (Å²) in [5, 5.41) is 2.89. The topological polar surface area (TPSA) is 34.2 Å². The summed E-state index contributed by atoms with van der Waals surface area (Å²) in [6.45, 7) is 0. The second-order valence-electron chi connectivity index (χ2n) is 4.02. The maximum atomic E-state index is 13.8. The molecule has 0 aliphatic carbocycles. The Balaban J connectivity index is 2.50. The number of benzene rings is 1. The largest absolute Gasteiger partial charge is 0.495 e. The first-order chi connectivity index (χ1) is 9.17. The highest BCUT2D eigenvalue weighted by Gasteiger charge is 2.21. The highest BCUT2D eigenvalue weighted by Crippen LogP contribution is 2.27. The normalized spacial score (nSPS) is 12.2. The van der Waals surface area contributed by atoms with Crippen LogP contribution in [-0.2, 0) is 0 Å². The van der Waals surface area contributed by atoms with Gasteiger partial charge in [0.2, 0.25) is 0 Å². The van der Waals surface area contributed by atoms with Crippen molar-refractivity contribution in [1.29, 1.82) is 0 Å². The number of methoxy groups -OCH3 is 1. The van der Waals surface area contributed by atoms with E-state index in [1.807, 2.05) is 0 Å². The van der Waals surface area contributed by atoms with Crippen LogP contribution in [-0.4, -0.2) is 19.1 Å². The van der Waals surface area contributed by atoms with Gasteiger partial charge in [-0.05, 0) is 30.8 Å². The van der Waals surface area contributed by atoms with Gasteiger partial charge in [-0.15, -0.1) is 0 Å². The number of nitrogens with zero attached hydrogens (tertiary/aromatic N) is 1. The second kappa shape index (κ2) is 5.75. The third-order valence-corrected chi connectivity index (χ3v) is 2.88. The number of hydrogen-bond donors (Lipinski definition) is 1. The van der Waals surface area contributed by atoms with E-state index in [1.54, 1.807) is 19.3 Å². The van der Waals surface area contributed by atoms with Crippen LogP contribution in [0, 0.1) is 11.6 Å². The molecule has 0 fully saturated rings. The van der Waals surface area contributed by atoms with E-state index in [0.29, 0.717) is 11.3 Å². The van der Waals surface area contributed by atoms with Gasteiger partial charge in [0.05, 0.1) is 19.3 Å². The Morgan fingerprint density at radius 3 is 2.47 bits per heavy atom. The van der Waals surface area contributed by atoms with Gasteiger partial charge in [0.25, 0.3) is 0 Å². The summed E-state index contributed by atoms with van der Waals surface area (Å²) in [6, 6.07) is 4.88. The zero-order chi connectivity index (χ0) is 13.8. The minimum Gasteiger partial charge on any atom is -0.495 e. The maximum absolute atomic E-state index is 13.8. The molecule has 0 spiro atoms. The van der Waals surface area contributed by atoms with Crippen molar-refractivity contribution < 1.29 is 13.5 Å². The van der Waals surface area contributed by atoms with Crippen molar-refractivity contribution >= 4 is 0 Å². The van der Waals surface area contributed by atoms with Crippen molar-refractivity contribution in [2.75, 3.05) is 14.2 Å². The summed E-state index contributed by atoms with van der Waals surface area (Å²) >= 11 is 0. The minimum atomic E-state index is -0.621. The zero-order valence-corrected chi connectivity index (χ0v) is 10.7. The summed E-state index contributed by atoms with van der Waals surface area (Å²) in [5.74, 6) is -0.654. The number of halogens is 2. The lowest BCUT2D eigenvalue weighted by Gasteiger charge is -2.18. The number of aromatic nitrogens is 1. The summed E-state index contributed by atoms with van der Waals surface area (Å²) in [6.07, 6.45) is 3.09. The van der Waals surface area contributed by atoms with E-state index >= 15 is 0 Å². The fourth-order valence-electron chi connectivity index (χ4n) is 1.97. The van der Waals surface area contributed by atoms with E-state index in [0.717, 1.165) is 0 Å². The first-order valence-electron chi connectivity index (χ1n) is 5.77. The first kappa shape index (κ1) is 13.4. The van der Waals surface area contributed by atoms with Crippen molar-refractivity contribution in [3.05, 3.63) is 59.4 Å². The van der Waals surface area contributed by atoms with Gasteiger partial charge in [-0.1, -0.05) is 6.07 Å². The molecule has 0 amide bonds. The predicted molar refractivity (Wildman–Crippen MR) is 68.0 cm³/mol. The number of rotatable bonds is 4. The smallest absolute Gasteiger partial charge is 0.137 e. The summed E-state index contributed by atoms with van der Waals surface area (Å²) < 4.78 is 32.7. The van der Waals surface area contributed by atoms with Gasteiger partial charge in [-0.3, -0.25) is 4.98 Å². The molecule has 5 heteroatoms. The summed E-state index contributed by atoms with van der Waals surface area (Å²) in [7, 11) is 3.15. The Labute approximate surface area is 110 Å². The van der Waals surface area contributed by atoms with Gasteiger partial charge >= 0.3 is 0 Å². The molecule has 1 unspecified atom stereocenters. The zero-order valence-electron chi connectivity index (χ0n) is 10.7. The Bertz CT molecular complexity index is 555. The predicted octanol–water partition coefficient (Wildman–Crippen LogP) is 2.68. The first-order valence-corrected chi connectivity index (χ1v) is 5.77. The molecule has 0 aliphatic heterocycles. The molecular formula is C14H14F2N2O. The van der Waals surface area contributed by atoms with Crippen molar-refractivity contribution in [2.45, 2.75) is 6.04 Å². The van der Waals surface area contributed by atoms with Crippen molar-refractivity contribution in [1.82, 2.24) is 10.3 Å². The van der Waals surface area contributed by atoms with Crippen molar-refractivity contribution in [3.8, 4) is 5.75 Å². The molecule has 0 radical (unpaired) electrons. The van der Waals surface area contributed by atoms with Crippen LogP contribution in [0.1, 0.15) is 17.2 Å². The monoisotopic (exact) mass is 264 g/mol. The standard InChI is InChI=1S/C14H14F2N2O/c1-17-14(9-6-10(19-2)8-18-7-9)13-11(15)4-3-5-12(13)16/h3-8,14,17H,1-2H3. The number of pyridine rings is 1. The van der Waals surface area contributed by atoms with Crippen LogP contribution in [0.25, 0.3) is 0 Å². The van der Waals surface area contributed by atoms with Gasteiger partial charge in [0.1, 0.15) is 17.4 Å².